The van der Waals surface area contributed by atoms with Gasteiger partial charge in [-0.2, -0.15) is 0 Å². The quantitative estimate of drug-likeness (QED) is 0.813. The summed E-state index contributed by atoms with van der Waals surface area (Å²) in [5.41, 5.74) is 1.33. The van der Waals surface area contributed by atoms with Crippen LogP contribution in [0.3, 0.4) is 0 Å². The summed E-state index contributed by atoms with van der Waals surface area (Å²) >= 11 is 0. The van der Waals surface area contributed by atoms with E-state index in [9.17, 15) is 14.0 Å². The second-order valence-electron chi connectivity index (χ2n) is 6.23. The first-order valence-corrected chi connectivity index (χ1v) is 8.35. The van der Waals surface area contributed by atoms with Crippen LogP contribution in [-0.2, 0) is 11.2 Å². The number of rotatable bonds is 7. The van der Waals surface area contributed by atoms with Crippen molar-refractivity contribution in [2.24, 2.45) is 5.92 Å². The molecule has 0 aromatic heterocycles. The largest absolute Gasteiger partial charge is 0.354 e. The SMILES string of the molecule is CC(C)C(NC(=O)c1ccccc1)C(=O)NCCc1cccc(F)c1. The zero-order valence-electron chi connectivity index (χ0n) is 14.5. The van der Waals surface area contributed by atoms with Crippen molar-refractivity contribution in [2.45, 2.75) is 26.3 Å². The molecule has 0 spiro atoms. The molecule has 0 aliphatic rings. The van der Waals surface area contributed by atoms with Crippen LogP contribution in [0.2, 0.25) is 0 Å². The first-order valence-electron chi connectivity index (χ1n) is 8.35. The van der Waals surface area contributed by atoms with Gasteiger partial charge in [-0.05, 0) is 42.2 Å². The van der Waals surface area contributed by atoms with Crippen LogP contribution < -0.4 is 10.6 Å². The lowest BCUT2D eigenvalue weighted by Crippen LogP contribution is -2.50. The van der Waals surface area contributed by atoms with Gasteiger partial charge in [0.15, 0.2) is 0 Å². The second kappa shape index (κ2) is 8.97. The highest BCUT2D eigenvalue weighted by molar-refractivity contribution is 5.97. The van der Waals surface area contributed by atoms with E-state index in [1.165, 1.54) is 12.1 Å². The summed E-state index contributed by atoms with van der Waals surface area (Å²) in [5.74, 6) is -0.865. The lowest BCUT2D eigenvalue weighted by atomic mass is 10.0. The molecule has 0 saturated carbocycles. The summed E-state index contributed by atoms with van der Waals surface area (Å²) in [5, 5.41) is 5.59. The van der Waals surface area contributed by atoms with E-state index in [0.29, 0.717) is 18.5 Å². The Morgan fingerprint density at radius 3 is 2.40 bits per heavy atom. The monoisotopic (exact) mass is 342 g/mol. The normalized spacial score (nSPS) is 11.8. The smallest absolute Gasteiger partial charge is 0.251 e. The highest BCUT2D eigenvalue weighted by atomic mass is 19.1. The number of hydrogen-bond donors (Lipinski definition) is 2. The molecule has 5 heteroatoms. The lowest BCUT2D eigenvalue weighted by molar-refractivity contribution is -0.123. The number of hydrogen-bond acceptors (Lipinski definition) is 2. The summed E-state index contributed by atoms with van der Waals surface area (Å²) in [6, 6.07) is 14.4. The van der Waals surface area contributed by atoms with Crippen molar-refractivity contribution in [1.82, 2.24) is 10.6 Å². The van der Waals surface area contributed by atoms with Crippen molar-refractivity contribution >= 4 is 11.8 Å². The van der Waals surface area contributed by atoms with Crippen molar-refractivity contribution < 1.29 is 14.0 Å². The van der Waals surface area contributed by atoms with Gasteiger partial charge < -0.3 is 10.6 Å². The minimum atomic E-state index is -0.625. The van der Waals surface area contributed by atoms with Gasteiger partial charge in [-0.1, -0.05) is 44.2 Å². The molecule has 2 aromatic rings. The molecule has 0 radical (unpaired) electrons. The van der Waals surface area contributed by atoms with E-state index in [-0.39, 0.29) is 23.5 Å². The third kappa shape index (κ3) is 5.71. The molecule has 0 saturated heterocycles. The molecule has 2 aromatic carbocycles. The van der Waals surface area contributed by atoms with E-state index in [2.05, 4.69) is 10.6 Å². The number of carbonyl (C=O) groups is 2. The molecular formula is C20H23FN2O2. The van der Waals surface area contributed by atoms with Gasteiger partial charge in [0, 0.05) is 12.1 Å². The van der Waals surface area contributed by atoms with E-state index >= 15 is 0 Å². The minimum absolute atomic E-state index is 0.0539. The lowest BCUT2D eigenvalue weighted by Gasteiger charge is -2.21. The van der Waals surface area contributed by atoms with Crippen LogP contribution in [0.4, 0.5) is 4.39 Å². The maximum absolute atomic E-state index is 13.2. The van der Waals surface area contributed by atoms with Crippen LogP contribution in [0.5, 0.6) is 0 Å². The summed E-state index contributed by atoms with van der Waals surface area (Å²) in [4.78, 5) is 24.7. The van der Waals surface area contributed by atoms with E-state index in [4.69, 9.17) is 0 Å². The second-order valence-corrected chi connectivity index (χ2v) is 6.23. The fourth-order valence-corrected chi connectivity index (χ4v) is 2.48. The number of carbonyl (C=O) groups excluding carboxylic acids is 2. The van der Waals surface area contributed by atoms with Crippen LogP contribution in [-0.4, -0.2) is 24.4 Å². The Morgan fingerprint density at radius 2 is 1.76 bits per heavy atom. The van der Waals surface area contributed by atoms with Crippen LogP contribution in [0.15, 0.2) is 54.6 Å². The molecular weight excluding hydrogens is 319 g/mol. The standard InChI is InChI=1S/C20H23FN2O2/c1-14(2)18(23-19(24)16-8-4-3-5-9-16)20(25)22-12-11-15-7-6-10-17(21)13-15/h3-10,13-14,18H,11-12H2,1-2H3,(H,22,25)(H,23,24). The van der Waals surface area contributed by atoms with Gasteiger partial charge in [0.2, 0.25) is 5.91 Å². The third-order valence-electron chi connectivity index (χ3n) is 3.87. The van der Waals surface area contributed by atoms with Gasteiger partial charge in [-0.3, -0.25) is 9.59 Å². The Kier molecular flexibility index (Phi) is 6.69. The summed E-state index contributed by atoms with van der Waals surface area (Å²) < 4.78 is 13.2. The molecule has 132 valence electrons. The molecule has 0 bridgehead atoms. The molecule has 2 amide bonds. The Bertz CT molecular complexity index is 717. The molecule has 0 fully saturated rings. The van der Waals surface area contributed by atoms with Gasteiger partial charge in [-0.15, -0.1) is 0 Å². The van der Waals surface area contributed by atoms with Crippen molar-refractivity contribution in [3.63, 3.8) is 0 Å². The van der Waals surface area contributed by atoms with E-state index in [0.717, 1.165) is 5.56 Å². The molecule has 1 unspecified atom stereocenters. The molecule has 2 N–H and O–H groups in total. The maximum Gasteiger partial charge on any atom is 0.251 e. The third-order valence-corrected chi connectivity index (χ3v) is 3.87. The molecule has 0 heterocycles. The van der Waals surface area contributed by atoms with Gasteiger partial charge in [0.1, 0.15) is 11.9 Å². The summed E-state index contributed by atoms with van der Waals surface area (Å²) in [6.07, 6.45) is 0.529. The minimum Gasteiger partial charge on any atom is -0.354 e. The molecule has 4 nitrogen and oxygen atoms in total. The van der Waals surface area contributed by atoms with Crippen LogP contribution >= 0.6 is 0 Å². The molecule has 0 aliphatic carbocycles. The Balaban J connectivity index is 1.90. The van der Waals surface area contributed by atoms with Crippen molar-refractivity contribution in [3.8, 4) is 0 Å². The van der Waals surface area contributed by atoms with Crippen molar-refractivity contribution in [1.29, 1.82) is 0 Å². The number of nitrogens with one attached hydrogen (secondary N) is 2. The van der Waals surface area contributed by atoms with Gasteiger partial charge in [-0.25, -0.2) is 4.39 Å². The van der Waals surface area contributed by atoms with Crippen LogP contribution in [0.25, 0.3) is 0 Å². The number of halogens is 1. The highest BCUT2D eigenvalue weighted by Gasteiger charge is 2.24. The molecule has 0 aliphatic heterocycles. The first kappa shape index (κ1) is 18.6. The summed E-state index contributed by atoms with van der Waals surface area (Å²) in [6.45, 7) is 4.14. The number of benzene rings is 2. The predicted molar refractivity (Wildman–Crippen MR) is 95.6 cm³/mol. The zero-order valence-corrected chi connectivity index (χ0v) is 14.5. The molecule has 25 heavy (non-hydrogen) atoms. The van der Waals surface area contributed by atoms with Gasteiger partial charge in [0.05, 0.1) is 0 Å². The first-order chi connectivity index (χ1) is 12.0. The average molecular weight is 342 g/mol. The van der Waals surface area contributed by atoms with E-state index in [1.54, 1.807) is 30.3 Å². The van der Waals surface area contributed by atoms with Crippen LogP contribution in [0.1, 0.15) is 29.8 Å². The Hall–Kier alpha value is -2.69. The predicted octanol–water partition coefficient (Wildman–Crippen LogP) is 2.94. The van der Waals surface area contributed by atoms with E-state index < -0.39 is 6.04 Å². The fraction of sp³-hybridized carbons (Fsp3) is 0.300. The Labute approximate surface area is 147 Å². The zero-order chi connectivity index (χ0) is 18.2. The van der Waals surface area contributed by atoms with E-state index in [1.807, 2.05) is 26.0 Å². The molecule has 2 rings (SSSR count). The highest BCUT2D eigenvalue weighted by Crippen LogP contribution is 2.06. The maximum atomic E-state index is 13.2. The van der Waals surface area contributed by atoms with Crippen LogP contribution in [0, 0.1) is 11.7 Å². The molecule has 1 atom stereocenters. The Morgan fingerprint density at radius 1 is 1.04 bits per heavy atom. The topological polar surface area (TPSA) is 58.2 Å². The van der Waals surface area contributed by atoms with Crippen molar-refractivity contribution in [3.05, 3.63) is 71.5 Å². The summed E-state index contributed by atoms with van der Waals surface area (Å²) in [7, 11) is 0. The van der Waals surface area contributed by atoms with Gasteiger partial charge in [0.25, 0.3) is 5.91 Å². The van der Waals surface area contributed by atoms with Crippen molar-refractivity contribution in [2.75, 3.05) is 6.54 Å². The average Bonchev–Trinajstić information content (AvgIpc) is 2.60. The van der Waals surface area contributed by atoms with Gasteiger partial charge >= 0.3 is 0 Å². The number of amides is 2. The fourth-order valence-electron chi connectivity index (χ4n) is 2.48.